The molecule has 1 saturated heterocycles. The van der Waals surface area contributed by atoms with E-state index >= 15 is 0 Å². The fraction of sp³-hybridized carbons (Fsp3) is 0.516. The average Bonchev–Trinajstić information content (AvgIpc) is 3.44. The van der Waals surface area contributed by atoms with Crippen molar-refractivity contribution in [3.63, 3.8) is 0 Å². The third kappa shape index (κ3) is 5.95. The molecule has 5 nitrogen and oxygen atoms in total. The Kier molecular flexibility index (Phi) is 8.27. The van der Waals surface area contributed by atoms with E-state index in [4.69, 9.17) is 14.5 Å². The van der Waals surface area contributed by atoms with Crippen molar-refractivity contribution in [1.29, 1.82) is 0 Å². The fourth-order valence-electron chi connectivity index (χ4n) is 5.89. The molecule has 1 saturated carbocycles. The van der Waals surface area contributed by atoms with Gasteiger partial charge in [0.15, 0.2) is 11.5 Å². The van der Waals surface area contributed by atoms with Crippen molar-refractivity contribution in [2.45, 2.75) is 51.4 Å². The molecule has 1 aromatic heterocycles. The van der Waals surface area contributed by atoms with Crippen molar-refractivity contribution < 1.29 is 9.47 Å². The van der Waals surface area contributed by atoms with Gasteiger partial charge in [-0.2, -0.15) is 0 Å². The number of pyridine rings is 1. The zero-order valence-corrected chi connectivity index (χ0v) is 22.0. The first kappa shape index (κ1) is 24.9. The van der Waals surface area contributed by atoms with Crippen LogP contribution >= 0.6 is 0 Å². The Bertz CT molecular complexity index is 1120. The number of ether oxygens (including phenoxy) is 2. The van der Waals surface area contributed by atoms with Crippen LogP contribution in [0.15, 0.2) is 48.5 Å². The summed E-state index contributed by atoms with van der Waals surface area (Å²) >= 11 is 0. The molecule has 0 bridgehead atoms. The molecule has 5 heteroatoms. The van der Waals surface area contributed by atoms with E-state index < -0.39 is 0 Å². The molecule has 0 N–H and O–H groups in total. The van der Waals surface area contributed by atoms with Crippen LogP contribution in [0.2, 0.25) is 0 Å². The normalized spacial score (nSPS) is 16.9. The van der Waals surface area contributed by atoms with Crippen LogP contribution < -0.4 is 14.4 Å². The smallest absolute Gasteiger partial charge is 0.163 e. The summed E-state index contributed by atoms with van der Waals surface area (Å²) in [7, 11) is 3.96. The molecule has 0 atom stereocenters. The Morgan fingerprint density at radius 1 is 0.944 bits per heavy atom. The van der Waals surface area contributed by atoms with Gasteiger partial charge in [0, 0.05) is 42.8 Å². The first-order chi connectivity index (χ1) is 17.7. The van der Waals surface area contributed by atoms with Gasteiger partial charge in [0.2, 0.25) is 0 Å². The van der Waals surface area contributed by atoms with E-state index in [-0.39, 0.29) is 0 Å². The minimum Gasteiger partial charge on any atom is -0.493 e. The number of fused-ring (bicyclic) bond motifs is 1. The Balaban J connectivity index is 1.44. The second kappa shape index (κ2) is 12.0. The van der Waals surface area contributed by atoms with Gasteiger partial charge in [-0.15, -0.1) is 0 Å². The summed E-state index contributed by atoms with van der Waals surface area (Å²) < 4.78 is 12.1. The van der Waals surface area contributed by atoms with Gasteiger partial charge >= 0.3 is 0 Å². The topological polar surface area (TPSA) is 37.8 Å². The van der Waals surface area contributed by atoms with Crippen molar-refractivity contribution in [2.75, 3.05) is 51.8 Å². The van der Waals surface area contributed by atoms with Crippen LogP contribution in [0.3, 0.4) is 0 Å². The SMILES string of the molecule is COc1cc2c(N(C)CC3CCCCC3)cc(-c3ccccc3)nc2cc1OCCCN1CCCC1. The van der Waals surface area contributed by atoms with Gasteiger partial charge in [-0.25, -0.2) is 4.98 Å². The van der Waals surface area contributed by atoms with E-state index in [1.165, 1.54) is 63.7 Å². The summed E-state index contributed by atoms with van der Waals surface area (Å²) in [6, 6.07) is 16.9. The van der Waals surface area contributed by atoms with Crippen LogP contribution in [0.5, 0.6) is 11.5 Å². The van der Waals surface area contributed by atoms with Crippen molar-refractivity contribution in [3.05, 3.63) is 48.5 Å². The lowest BCUT2D eigenvalue weighted by Crippen LogP contribution is -2.27. The van der Waals surface area contributed by atoms with Crippen molar-refractivity contribution >= 4 is 16.6 Å². The third-order valence-electron chi connectivity index (χ3n) is 7.88. The Labute approximate surface area is 216 Å². The summed E-state index contributed by atoms with van der Waals surface area (Å²) in [5.41, 5.74) is 4.30. The number of anilines is 1. The molecule has 1 aliphatic carbocycles. The van der Waals surface area contributed by atoms with Crippen LogP contribution in [0, 0.1) is 5.92 Å². The van der Waals surface area contributed by atoms with Crippen LogP contribution in [-0.4, -0.2) is 56.8 Å². The molecule has 0 spiro atoms. The second-order valence-electron chi connectivity index (χ2n) is 10.5. The first-order valence-corrected chi connectivity index (χ1v) is 13.9. The first-order valence-electron chi connectivity index (χ1n) is 13.9. The molecule has 1 aliphatic heterocycles. The highest BCUT2D eigenvalue weighted by Crippen LogP contribution is 2.38. The maximum atomic E-state index is 6.26. The number of benzene rings is 2. The highest BCUT2D eigenvalue weighted by molar-refractivity contribution is 5.96. The molecule has 36 heavy (non-hydrogen) atoms. The molecule has 2 fully saturated rings. The third-order valence-corrected chi connectivity index (χ3v) is 7.88. The van der Waals surface area contributed by atoms with Crippen LogP contribution in [-0.2, 0) is 0 Å². The Morgan fingerprint density at radius 3 is 2.47 bits per heavy atom. The zero-order chi connectivity index (χ0) is 24.7. The molecule has 3 aromatic rings. The van der Waals surface area contributed by atoms with Gasteiger partial charge in [0.1, 0.15) is 0 Å². The summed E-state index contributed by atoms with van der Waals surface area (Å²) in [4.78, 5) is 10.1. The molecular weight excluding hydrogens is 446 g/mol. The predicted molar refractivity (Wildman–Crippen MR) is 149 cm³/mol. The highest BCUT2D eigenvalue weighted by Gasteiger charge is 2.20. The second-order valence-corrected chi connectivity index (χ2v) is 10.5. The number of nitrogens with zero attached hydrogens (tertiary/aromatic N) is 3. The number of methoxy groups -OCH3 is 1. The lowest BCUT2D eigenvalue weighted by Gasteiger charge is -2.29. The van der Waals surface area contributed by atoms with Gasteiger partial charge in [0.25, 0.3) is 0 Å². The van der Waals surface area contributed by atoms with Gasteiger partial charge < -0.3 is 19.3 Å². The van der Waals surface area contributed by atoms with Gasteiger partial charge in [-0.3, -0.25) is 0 Å². The minimum atomic E-state index is 0.686. The van der Waals surface area contributed by atoms with E-state index in [1.807, 2.05) is 0 Å². The number of hydrogen-bond acceptors (Lipinski definition) is 5. The molecule has 5 rings (SSSR count). The van der Waals surface area contributed by atoms with Crippen molar-refractivity contribution in [3.8, 4) is 22.8 Å². The van der Waals surface area contributed by atoms with Crippen LogP contribution in [0.25, 0.3) is 22.2 Å². The van der Waals surface area contributed by atoms with E-state index in [9.17, 15) is 0 Å². The summed E-state index contributed by atoms with van der Waals surface area (Å²) in [5, 5.41) is 1.12. The van der Waals surface area contributed by atoms with Gasteiger partial charge in [0.05, 0.1) is 24.9 Å². The Morgan fingerprint density at radius 2 is 1.72 bits per heavy atom. The number of rotatable bonds is 10. The van der Waals surface area contributed by atoms with Crippen molar-refractivity contribution in [1.82, 2.24) is 9.88 Å². The Hall–Kier alpha value is -2.79. The maximum Gasteiger partial charge on any atom is 0.163 e. The number of likely N-dealkylation sites (tertiary alicyclic amines) is 1. The standard InChI is InChI=1S/C31H41N3O2/c1-33(23-24-12-5-3-6-13-24)29-21-27(25-14-7-4-8-15-25)32-28-22-31(30(35-2)20-26(28)29)36-19-11-18-34-16-9-10-17-34/h4,7-8,14-15,20-22,24H,3,5-6,9-13,16-19,23H2,1-2H3. The van der Waals surface area contributed by atoms with Gasteiger partial charge in [-0.1, -0.05) is 49.6 Å². The lowest BCUT2D eigenvalue weighted by atomic mass is 9.89. The molecule has 2 aliphatic rings. The lowest BCUT2D eigenvalue weighted by molar-refractivity contribution is 0.254. The summed E-state index contributed by atoms with van der Waals surface area (Å²) in [6.07, 6.45) is 10.4. The van der Waals surface area contributed by atoms with Gasteiger partial charge in [-0.05, 0) is 63.2 Å². The average molecular weight is 488 g/mol. The minimum absolute atomic E-state index is 0.686. The number of aromatic nitrogens is 1. The van der Waals surface area contributed by atoms with Crippen molar-refractivity contribution in [2.24, 2.45) is 5.92 Å². The largest absolute Gasteiger partial charge is 0.493 e. The monoisotopic (exact) mass is 487 g/mol. The highest BCUT2D eigenvalue weighted by atomic mass is 16.5. The van der Waals surface area contributed by atoms with E-state index in [0.717, 1.165) is 59.1 Å². The molecule has 2 heterocycles. The maximum absolute atomic E-state index is 6.26. The quantitative estimate of drug-likeness (QED) is 0.294. The van der Waals surface area contributed by atoms with E-state index in [2.05, 4.69) is 65.4 Å². The molecule has 0 radical (unpaired) electrons. The molecular formula is C31H41N3O2. The molecule has 0 amide bonds. The van der Waals surface area contributed by atoms with Crippen LogP contribution in [0.4, 0.5) is 5.69 Å². The molecule has 0 unspecified atom stereocenters. The number of hydrogen-bond donors (Lipinski definition) is 0. The van der Waals surface area contributed by atoms with Crippen LogP contribution in [0.1, 0.15) is 51.4 Å². The summed E-state index contributed by atoms with van der Waals surface area (Å²) in [6.45, 7) is 5.31. The van der Waals surface area contributed by atoms with E-state index in [1.54, 1.807) is 7.11 Å². The molecule has 2 aromatic carbocycles. The van der Waals surface area contributed by atoms with E-state index in [0.29, 0.717) is 6.61 Å². The fourth-order valence-corrected chi connectivity index (χ4v) is 5.89. The predicted octanol–water partition coefficient (Wildman–Crippen LogP) is 6.79. The zero-order valence-electron chi connectivity index (χ0n) is 22.0. The summed E-state index contributed by atoms with van der Waals surface area (Å²) in [5.74, 6) is 2.32. The molecule has 192 valence electrons.